The maximum atomic E-state index is 6.25. The van der Waals surface area contributed by atoms with Crippen LogP contribution in [0.1, 0.15) is 44.2 Å². The lowest BCUT2D eigenvalue weighted by atomic mass is 10.0. The molecule has 1 rings (SSSR count). The second kappa shape index (κ2) is 7.73. The van der Waals surface area contributed by atoms with Gasteiger partial charge in [0, 0.05) is 11.1 Å². The minimum absolute atomic E-state index is 0.627. The van der Waals surface area contributed by atoms with E-state index < -0.39 is 0 Å². The van der Waals surface area contributed by atoms with Crippen LogP contribution in [0.5, 0.6) is 0 Å². The first kappa shape index (κ1) is 14.5. The van der Waals surface area contributed by atoms with Gasteiger partial charge in [0.25, 0.3) is 0 Å². The first-order valence-electron chi connectivity index (χ1n) is 6.65. The van der Waals surface area contributed by atoms with Crippen molar-refractivity contribution in [3.8, 4) is 0 Å². The third kappa shape index (κ3) is 5.10. The quantitative estimate of drug-likeness (QED) is 0.761. The summed E-state index contributed by atoms with van der Waals surface area (Å²) < 4.78 is 0. The number of benzene rings is 1. The molecule has 1 atom stereocenters. The van der Waals surface area contributed by atoms with Gasteiger partial charge in [-0.15, -0.1) is 0 Å². The van der Waals surface area contributed by atoms with Gasteiger partial charge in [-0.1, -0.05) is 44.0 Å². The van der Waals surface area contributed by atoms with Gasteiger partial charge in [-0.2, -0.15) is 0 Å². The first-order valence-corrected chi connectivity index (χ1v) is 7.03. The fourth-order valence-electron chi connectivity index (χ4n) is 2.17. The summed E-state index contributed by atoms with van der Waals surface area (Å²) in [6.07, 6.45) is 4.72. The molecule has 0 heterocycles. The fraction of sp³-hybridized carbons (Fsp3) is 0.600. The highest BCUT2D eigenvalue weighted by atomic mass is 35.5. The van der Waals surface area contributed by atoms with Crippen LogP contribution in [-0.2, 0) is 6.42 Å². The Balaban J connectivity index is 2.52. The maximum absolute atomic E-state index is 6.25. The number of aryl methyl sites for hydroxylation is 2. The van der Waals surface area contributed by atoms with E-state index in [1.807, 2.05) is 0 Å². The van der Waals surface area contributed by atoms with Gasteiger partial charge in [-0.3, -0.25) is 0 Å². The Bertz CT molecular complexity index is 330. The lowest BCUT2D eigenvalue weighted by Crippen LogP contribution is -2.29. The number of nitrogens with one attached hydrogen (secondary N) is 1. The van der Waals surface area contributed by atoms with Gasteiger partial charge in [0.15, 0.2) is 0 Å². The molecule has 0 saturated heterocycles. The second-order valence-corrected chi connectivity index (χ2v) is 5.08. The van der Waals surface area contributed by atoms with Crippen molar-refractivity contribution in [1.29, 1.82) is 0 Å². The van der Waals surface area contributed by atoms with Crippen LogP contribution in [0.3, 0.4) is 0 Å². The number of hydrogen-bond acceptors (Lipinski definition) is 1. The summed E-state index contributed by atoms with van der Waals surface area (Å²) >= 11 is 6.25. The number of hydrogen-bond donors (Lipinski definition) is 1. The molecule has 17 heavy (non-hydrogen) atoms. The molecule has 0 saturated carbocycles. The molecule has 1 aromatic rings. The molecule has 0 spiro atoms. The van der Waals surface area contributed by atoms with E-state index in [0.717, 1.165) is 18.0 Å². The van der Waals surface area contributed by atoms with Crippen LogP contribution in [0.2, 0.25) is 5.02 Å². The van der Waals surface area contributed by atoms with Gasteiger partial charge in [0.1, 0.15) is 0 Å². The number of rotatable bonds is 7. The van der Waals surface area contributed by atoms with E-state index in [-0.39, 0.29) is 0 Å². The summed E-state index contributed by atoms with van der Waals surface area (Å²) in [5.41, 5.74) is 2.51. The van der Waals surface area contributed by atoms with Crippen molar-refractivity contribution in [1.82, 2.24) is 5.32 Å². The summed E-state index contributed by atoms with van der Waals surface area (Å²) in [5, 5.41) is 4.46. The lowest BCUT2D eigenvalue weighted by Gasteiger charge is -2.17. The Kier molecular flexibility index (Phi) is 6.61. The van der Waals surface area contributed by atoms with Crippen molar-refractivity contribution >= 4 is 11.6 Å². The van der Waals surface area contributed by atoms with Crippen molar-refractivity contribution in [3.05, 3.63) is 34.3 Å². The molecular formula is C15H24ClN. The summed E-state index contributed by atoms with van der Waals surface area (Å²) in [7, 11) is 0. The van der Waals surface area contributed by atoms with Crippen LogP contribution in [-0.4, -0.2) is 12.6 Å². The third-order valence-electron chi connectivity index (χ3n) is 3.10. The Morgan fingerprint density at radius 1 is 1.24 bits per heavy atom. The Morgan fingerprint density at radius 3 is 2.59 bits per heavy atom. The molecule has 0 aliphatic rings. The molecular weight excluding hydrogens is 230 g/mol. The van der Waals surface area contributed by atoms with Crippen molar-refractivity contribution < 1.29 is 0 Å². The fourth-order valence-corrected chi connectivity index (χ4v) is 2.50. The second-order valence-electron chi connectivity index (χ2n) is 4.68. The minimum atomic E-state index is 0.627. The van der Waals surface area contributed by atoms with Gasteiger partial charge < -0.3 is 5.32 Å². The minimum Gasteiger partial charge on any atom is -0.314 e. The molecule has 96 valence electrons. The highest BCUT2D eigenvalue weighted by Crippen LogP contribution is 2.20. The molecule has 0 amide bonds. The molecule has 2 heteroatoms. The van der Waals surface area contributed by atoms with Crippen molar-refractivity contribution in [3.63, 3.8) is 0 Å². The Morgan fingerprint density at radius 2 is 2.00 bits per heavy atom. The highest BCUT2D eigenvalue weighted by Gasteiger charge is 2.08. The SMILES string of the molecule is CCCC(CCc1ccc(C)cc1Cl)NCC. The van der Waals surface area contributed by atoms with E-state index in [1.54, 1.807) is 0 Å². The molecule has 0 aromatic heterocycles. The largest absolute Gasteiger partial charge is 0.314 e. The summed E-state index contributed by atoms with van der Waals surface area (Å²) in [4.78, 5) is 0. The van der Waals surface area contributed by atoms with E-state index in [0.29, 0.717) is 6.04 Å². The van der Waals surface area contributed by atoms with E-state index in [9.17, 15) is 0 Å². The maximum Gasteiger partial charge on any atom is 0.0440 e. The molecule has 1 aromatic carbocycles. The summed E-state index contributed by atoms with van der Waals surface area (Å²) in [5.74, 6) is 0. The van der Waals surface area contributed by atoms with Crippen molar-refractivity contribution in [2.24, 2.45) is 0 Å². The lowest BCUT2D eigenvalue weighted by molar-refractivity contribution is 0.460. The van der Waals surface area contributed by atoms with Gasteiger partial charge in [-0.05, 0) is 49.9 Å². The molecule has 0 fully saturated rings. The predicted octanol–water partition coefficient (Wildman–Crippen LogP) is 4.36. The normalized spacial score (nSPS) is 12.7. The molecule has 0 radical (unpaired) electrons. The summed E-state index contributed by atoms with van der Waals surface area (Å²) in [6, 6.07) is 6.98. The van der Waals surface area contributed by atoms with Gasteiger partial charge in [-0.25, -0.2) is 0 Å². The molecule has 1 nitrogen and oxygen atoms in total. The van der Waals surface area contributed by atoms with E-state index in [4.69, 9.17) is 11.6 Å². The first-order chi connectivity index (χ1) is 8.17. The third-order valence-corrected chi connectivity index (χ3v) is 3.45. The average molecular weight is 254 g/mol. The molecule has 1 N–H and O–H groups in total. The van der Waals surface area contributed by atoms with Crippen LogP contribution in [0.4, 0.5) is 0 Å². The Hall–Kier alpha value is -0.530. The standard InChI is InChI=1S/C15H24ClN/c1-4-6-14(17-5-2)10-9-13-8-7-12(3)11-15(13)16/h7-8,11,14,17H,4-6,9-10H2,1-3H3. The molecule has 1 unspecified atom stereocenters. The van der Waals surface area contributed by atoms with Crippen LogP contribution < -0.4 is 5.32 Å². The highest BCUT2D eigenvalue weighted by molar-refractivity contribution is 6.31. The van der Waals surface area contributed by atoms with Crippen LogP contribution in [0.25, 0.3) is 0 Å². The smallest absolute Gasteiger partial charge is 0.0440 e. The van der Waals surface area contributed by atoms with E-state index in [2.05, 4.69) is 44.3 Å². The molecule has 0 aliphatic carbocycles. The zero-order chi connectivity index (χ0) is 12.7. The average Bonchev–Trinajstić information content (AvgIpc) is 2.28. The zero-order valence-corrected chi connectivity index (χ0v) is 12.0. The van der Waals surface area contributed by atoms with Crippen molar-refractivity contribution in [2.45, 2.75) is 52.5 Å². The van der Waals surface area contributed by atoms with Gasteiger partial charge >= 0.3 is 0 Å². The van der Waals surface area contributed by atoms with Gasteiger partial charge in [0.2, 0.25) is 0 Å². The predicted molar refractivity (Wildman–Crippen MR) is 76.9 cm³/mol. The zero-order valence-electron chi connectivity index (χ0n) is 11.2. The summed E-state index contributed by atoms with van der Waals surface area (Å²) in [6.45, 7) is 7.53. The van der Waals surface area contributed by atoms with Crippen molar-refractivity contribution in [2.75, 3.05) is 6.54 Å². The topological polar surface area (TPSA) is 12.0 Å². The number of halogens is 1. The van der Waals surface area contributed by atoms with Crippen LogP contribution in [0.15, 0.2) is 18.2 Å². The molecule has 0 bridgehead atoms. The molecule has 0 aliphatic heterocycles. The van der Waals surface area contributed by atoms with Crippen LogP contribution in [0, 0.1) is 6.92 Å². The van der Waals surface area contributed by atoms with E-state index in [1.165, 1.54) is 30.4 Å². The van der Waals surface area contributed by atoms with Crippen LogP contribution >= 0.6 is 11.6 Å². The van der Waals surface area contributed by atoms with E-state index >= 15 is 0 Å². The Labute approximate surface area is 111 Å². The van der Waals surface area contributed by atoms with Gasteiger partial charge in [0.05, 0.1) is 0 Å². The monoisotopic (exact) mass is 253 g/mol.